The van der Waals surface area contributed by atoms with Crippen LogP contribution in [0.25, 0.3) is 0 Å². The summed E-state index contributed by atoms with van der Waals surface area (Å²) in [7, 11) is 0. The Kier molecular flexibility index (Phi) is 7.04. The first-order valence-electron chi connectivity index (χ1n) is 5.75. The van der Waals surface area contributed by atoms with Crippen LogP contribution in [0.5, 0.6) is 0 Å². The summed E-state index contributed by atoms with van der Waals surface area (Å²) in [4.78, 5) is 32.8. The number of amides is 2. The largest absolute Gasteiger partial charge is 0.481 e. The van der Waals surface area contributed by atoms with Crippen molar-refractivity contribution in [3.8, 4) is 12.3 Å². The fraction of sp³-hybridized carbons (Fsp3) is 0.583. The summed E-state index contributed by atoms with van der Waals surface area (Å²) in [5.74, 6) is -0.0512. The zero-order valence-electron chi connectivity index (χ0n) is 10.8. The normalized spacial score (nSPS) is 13.2. The third-order valence-electron chi connectivity index (χ3n) is 2.38. The van der Waals surface area contributed by atoms with E-state index in [1.165, 1.54) is 0 Å². The Morgan fingerprint density at radius 2 is 1.79 bits per heavy atom. The number of aliphatic carboxylic acids is 2. The molecule has 106 valence electrons. The van der Waals surface area contributed by atoms with E-state index in [9.17, 15) is 14.4 Å². The van der Waals surface area contributed by atoms with E-state index < -0.39 is 30.1 Å². The van der Waals surface area contributed by atoms with Crippen LogP contribution in [0, 0.1) is 18.3 Å². The summed E-state index contributed by atoms with van der Waals surface area (Å²) in [5, 5.41) is 22.0. The summed E-state index contributed by atoms with van der Waals surface area (Å²) in [6, 6.07) is -2.51. The number of carboxylic acid groups (broad SMARTS) is 2. The Hall–Kier alpha value is -2.23. The predicted octanol–water partition coefficient (Wildman–Crippen LogP) is 0.261. The fourth-order valence-electron chi connectivity index (χ4n) is 1.27. The average molecular weight is 270 g/mol. The third kappa shape index (κ3) is 6.93. The number of terminal acetylenes is 1. The number of nitrogens with one attached hydrogen (secondary N) is 2. The van der Waals surface area contributed by atoms with Crippen molar-refractivity contribution in [2.75, 3.05) is 0 Å². The number of hydrogen-bond acceptors (Lipinski definition) is 3. The standard InChI is InChI=1S/C12H18N2O5/c1-4-8(7(2)3)13-12(19)14-9(11(17)18)5-6-10(15)16/h1,7-9H,5-6H2,2-3H3,(H,15,16)(H,17,18)(H2,13,14,19)/t8?,9-/m0/s1. The van der Waals surface area contributed by atoms with Gasteiger partial charge in [0.2, 0.25) is 0 Å². The van der Waals surface area contributed by atoms with E-state index >= 15 is 0 Å². The molecule has 0 fully saturated rings. The number of carbonyl (C=O) groups excluding carboxylic acids is 1. The van der Waals surface area contributed by atoms with Gasteiger partial charge in [-0.3, -0.25) is 4.79 Å². The highest BCUT2D eigenvalue weighted by Gasteiger charge is 2.22. The molecule has 0 saturated carbocycles. The van der Waals surface area contributed by atoms with Gasteiger partial charge in [0.05, 0.1) is 6.04 Å². The lowest BCUT2D eigenvalue weighted by molar-refractivity contribution is -0.140. The highest BCUT2D eigenvalue weighted by Crippen LogP contribution is 2.01. The number of carboxylic acids is 2. The molecule has 0 heterocycles. The Morgan fingerprint density at radius 1 is 1.21 bits per heavy atom. The highest BCUT2D eigenvalue weighted by atomic mass is 16.4. The lowest BCUT2D eigenvalue weighted by Gasteiger charge is -2.19. The third-order valence-corrected chi connectivity index (χ3v) is 2.38. The minimum absolute atomic E-state index is 0.00181. The number of carbonyl (C=O) groups is 3. The molecule has 0 aliphatic heterocycles. The Morgan fingerprint density at radius 3 is 2.16 bits per heavy atom. The van der Waals surface area contributed by atoms with Crippen LogP contribution in [0.1, 0.15) is 26.7 Å². The second-order valence-electron chi connectivity index (χ2n) is 4.33. The summed E-state index contributed by atoms with van der Waals surface area (Å²) >= 11 is 0. The van der Waals surface area contributed by atoms with Crippen LogP contribution in [-0.2, 0) is 9.59 Å². The van der Waals surface area contributed by atoms with Crippen molar-refractivity contribution in [1.29, 1.82) is 0 Å². The average Bonchev–Trinajstić information content (AvgIpc) is 2.30. The molecule has 0 aromatic heterocycles. The molecule has 19 heavy (non-hydrogen) atoms. The smallest absolute Gasteiger partial charge is 0.326 e. The van der Waals surface area contributed by atoms with E-state index in [2.05, 4.69) is 16.6 Å². The van der Waals surface area contributed by atoms with Gasteiger partial charge in [-0.15, -0.1) is 6.42 Å². The van der Waals surface area contributed by atoms with Crippen molar-refractivity contribution in [3.63, 3.8) is 0 Å². The van der Waals surface area contributed by atoms with Crippen LogP contribution in [0.3, 0.4) is 0 Å². The first kappa shape index (κ1) is 16.8. The molecule has 0 aliphatic rings. The molecule has 0 saturated heterocycles. The van der Waals surface area contributed by atoms with Gasteiger partial charge < -0.3 is 20.8 Å². The van der Waals surface area contributed by atoms with Crippen LogP contribution >= 0.6 is 0 Å². The van der Waals surface area contributed by atoms with Crippen molar-refractivity contribution >= 4 is 18.0 Å². The van der Waals surface area contributed by atoms with Gasteiger partial charge in [-0.05, 0) is 12.3 Å². The van der Waals surface area contributed by atoms with Crippen molar-refractivity contribution in [3.05, 3.63) is 0 Å². The molecule has 4 N–H and O–H groups in total. The predicted molar refractivity (Wildman–Crippen MR) is 67.4 cm³/mol. The van der Waals surface area contributed by atoms with Gasteiger partial charge in [0.1, 0.15) is 6.04 Å². The molecule has 0 radical (unpaired) electrons. The van der Waals surface area contributed by atoms with E-state index in [-0.39, 0.29) is 18.8 Å². The molecule has 0 rings (SSSR count). The monoisotopic (exact) mass is 270 g/mol. The van der Waals surface area contributed by atoms with Crippen LogP contribution in [0.4, 0.5) is 4.79 Å². The second kappa shape index (κ2) is 7.97. The van der Waals surface area contributed by atoms with Crippen molar-refractivity contribution in [2.24, 2.45) is 5.92 Å². The summed E-state index contributed by atoms with van der Waals surface area (Å²) < 4.78 is 0. The van der Waals surface area contributed by atoms with Gasteiger partial charge in [-0.25, -0.2) is 9.59 Å². The van der Waals surface area contributed by atoms with Gasteiger partial charge >= 0.3 is 18.0 Å². The van der Waals surface area contributed by atoms with E-state index in [4.69, 9.17) is 16.6 Å². The first-order chi connectivity index (χ1) is 8.77. The van der Waals surface area contributed by atoms with E-state index in [0.29, 0.717) is 0 Å². The van der Waals surface area contributed by atoms with Crippen molar-refractivity contribution in [1.82, 2.24) is 10.6 Å². The van der Waals surface area contributed by atoms with Gasteiger partial charge in [-0.2, -0.15) is 0 Å². The summed E-state index contributed by atoms with van der Waals surface area (Å²) in [6.45, 7) is 3.62. The molecule has 7 heteroatoms. The lowest BCUT2D eigenvalue weighted by Crippen LogP contribution is -2.50. The van der Waals surface area contributed by atoms with Crippen LogP contribution in [-0.4, -0.2) is 40.3 Å². The SMILES string of the molecule is C#CC(NC(=O)N[C@@H](CCC(=O)O)C(=O)O)C(C)C. The maximum absolute atomic E-state index is 11.5. The Bertz CT molecular complexity index is 386. The molecule has 0 spiro atoms. The molecule has 0 bridgehead atoms. The zero-order chi connectivity index (χ0) is 15.0. The Labute approximate surface area is 111 Å². The molecule has 7 nitrogen and oxygen atoms in total. The molecule has 2 atom stereocenters. The quantitative estimate of drug-likeness (QED) is 0.495. The van der Waals surface area contributed by atoms with Gasteiger partial charge in [0.15, 0.2) is 0 Å². The van der Waals surface area contributed by atoms with Crippen LogP contribution in [0.15, 0.2) is 0 Å². The molecule has 0 aromatic carbocycles. The first-order valence-corrected chi connectivity index (χ1v) is 5.75. The van der Waals surface area contributed by atoms with Crippen LogP contribution < -0.4 is 10.6 Å². The highest BCUT2D eigenvalue weighted by molar-refractivity contribution is 5.83. The summed E-state index contributed by atoms with van der Waals surface area (Å²) in [5.41, 5.74) is 0. The number of rotatable bonds is 7. The van der Waals surface area contributed by atoms with Crippen molar-refractivity contribution in [2.45, 2.75) is 38.8 Å². The van der Waals surface area contributed by atoms with Gasteiger partial charge in [-0.1, -0.05) is 19.8 Å². The fourth-order valence-corrected chi connectivity index (χ4v) is 1.27. The van der Waals surface area contributed by atoms with E-state index in [1.807, 2.05) is 13.8 Å². The molecule has 2 amide bonds. The van der Waals surface area contributed by atoms with Crippen LogP contribution in [0.2, 0.25) is 0 Å². The molecule has 0 aliphatic carbocycles. The minimum Gasteiger partial charge on any atom is -0.481 e. The zero-order valence-corrected chi connectivity index (χ0v) is 10.8. The number of hydrogen-bond donors (Lipinski definition) is 4. The molecular weight excluding hydrogens is 252 g/mol. The topological polar surface area (TPSA) is 116 Å². The second-order valence-corrected chi connectivity index (χ2v) is 4.33. The number of urea groups is 1. The molecular formula is C12H18N2O5. The lowest BCUT2D eigenvalue weighted by atomic mass is 10.1. The van der Waals surface area contributed by atoms with E-state index in [1.54, 1.807) is 0 Å². The summed E-state index contributed by atoms with van der Waals surface area (Å²) in [6.07, 6.45) is 4.68. The van der Waals surface area contributed by atoms with Gasteiger partial charge in [0.25, 0.3) is 0 Å². The maximum atomic E-state index is 11.5. The molecule has 1 unspecified atom stereocenters. The minimum atomic E-state index is -1.29. The van der Waals surface area contributed by atoms with Crippen molar-refractivity contribution < 1.29 is 24.6 Å². The van der Waals surface area contributed by atoms with E-state index in [0.717, 1.165) is 0 Å². The maximum Gasteiger partial charge on any atom is 0.326 e. The Balaban J connectivity index is 4.43. The van der Waals surface area contributed by atoms with Gasteiger partial charge in [0, 0.05) is 6.42 Å². The molecule has 0 aromatic rings.